The highest BCUT2D eigenvalue weighted by Crippen LogP contribution is 2.30. The van der Waals surface area contributed by atoms with Gasteiger partial charge in [0.1, 0.15) is 11.6 Å². The second-order valence-corrected chi connectivity index (χ2v) is 8.32. The minimum Gasteiger partial charge on any atom is -0.495 e. The predicted octanol–water partition coefficient (Wildman–Crippen LogP) is 3.86. The molecule has 0 spiro atoms. The van der Waals surface area contributed by atoms with Gasteiger partial charge in [0, 0.05) is 37.4 Å². The number of hydrogen-bond acceptors (Lipinski definition) is 4. The summed E-state index contributed by atoms with van der Waals surface area (Å²) in [6.07, 6.45) is 3.88. The molecule has 1 fully saturated rings. The summed E-state index contributed by atoms with van der Waals surface area (Å²) in [5, 5.41) is 4.74. The average Bonchev–Trinajstić information content (AvgIpc) is 3.24. The van der Waals surface area contributed by atoms with Crippen LogP contribution in [0.15, 0.2) is 48.5 Å². The molecule has 166 valence electrons. The molecule has 0 atom stereocenters. The van der Waals surface area contributed by atoms with E-state index in [0.29, 0.717) is 18.8 Å². The van der Waals surface area contributed by atoms with Crippen molar-refractivity contribution >= 4 is 11.6 Å². The Hall–Kier alpha value is -3.35. The molecule has 32 heavy (non-hydrogen) atoms. The molecule has 5 rings (SSSR count). The Morgan fingerprint density at radius 1 is 0.969 bits per heavy atom. The maximum absolute atomic E-state index is 13.5. The third-order valence-electron chi connectivity index (χ3n) is 6.45. The Morgan fingerprint density at radius 3 is 2.44 bits per heavy atom. The molecule has 1 saturated heterocycles. The van der Waals surface area contributed by atoms with Crippen molar-refractivity contribution in [2.75, 3.05) is 38.2 Å². The topological polar surface area (TPSA) is 50.6 Å². The summed E-state index contributed by atoms with van der Waals surface area (Å²) in [6, 6.07) is 14.3. The summed E-state index contributed by atoms with van der Waals surface area (Å²) in [5.41, 5.74) is 4.54. The van der Waals surface area contributed by atoms with E-state index in [1.54, 1.807) is 19.2 Å². The molecule has 2 aromatic carbocycles. The summed E-state index contributed by atoms with van der Waals surface area (Å²) >= 11 is 0. The van der Waals surface area contributed by atoms with E-state index in [-0.39, 0.29) is 11.7 Å². The number of hydrogen-bond donors (Lipinski definition) is 0. The Bertz CT molecular complexity index is 1120. The average molecular weight is 435 g/mol. The molecule has 1 amide bonds. The highest BCUT2D eigenvalue weighted by atomic mass is 19.1. The van der Waals surface area contributed by atoms with Gasteiger partial charge in [-0.3, -0.25) is 4.79 Å². The van der Waals surface area contributed by atoms with Crippen molar-refractivity contribution in [1.29, 1.82) is 0 Å². The van der Waals surface area contributed by atoms with Crippen LogP contribution in [0.3, 0.4) is 0 Å². The highest BCUT2D eigenvalue weighted by Gasteiger charge is 2.30. The van der Waals surface area contributed by atoms with E-state index >= 15 is 0 Å². The van der Waals surface area contributed by atoms with Crippen molar-refractivity contribution in [3.63, 3.8) is 0 Å². The van der Waals surface area contributed by atoms with E-state index in [4.69, 9.17) is 9.84 Å². The molecule has 0 saturated carbocycles. The van der Waals surface area contributed by atoms with Crippen LogP contribution in [0.25, 0.3) is 5.69 Å². The van der Waals surface area contributed by atoms with Gasteiger partial charge in [-0.1, -0.05) is 12.1 Å². The Kier molecular flexibility index (Phi) is 5.55. The van der Waals surface area contributed by atoms with Crippen LogP contribution in [0.5, 0.6) is 5.75 Å². The molecule has 0 unspecified atom stereocenters. The number of rotatable bonds is 4. The minimum atomic E-state index is -0.279. The number of amides is 1. The van der Waals surface area contributed by atoms with Gasteiger partial charge in [-0.05, 0) is 62.1 Å². The van der Waals surface area contributed by atoms with E-state index in [9.17, 15) is 9.18 Å². The van der Waals surface area contributed by atoms with Gasteiger partial charge in [0.05, 0.1) is 18.5 Å². The van der Waals surface area contributed by atoms with E-state index in [0.717, 1.165) is 67.2 Å². The molecular weight excluding hydrogens is 407 g/mol. The SMILES string of the molecule is COc1ccccc1N1CCN(C(=O)c2nn(-c3ccc(F)cc3)c3c2CCCC3)CC1. The summed E-state index contributed by atoms with van der Waals surface area (Å²) in [5.74, 6) is 0.557. The number of carbonyl (C=O) groups is 1. The Labute approximate surface area is 187 Å². The molecular formula is C25H27FN4O2. The zero-order valence-corrected chi connectivity index (χ0v) is 18.3. The van der Waals surface area contributed by atoms with Crippen molar-refractivity contribution in [1.82, 2.24) is 14.7 Å². The largest absolute Gasteiger partial charge is 0.495 e. The molecule has 1 aliphatic carbocycles. The van der Waals surface area contributed by atoms with Gasteiger partial charge in [-0.2, -0.15) is 5.10 Å². The van der Waals surface area contributed by atoms with Gasteiger partial charge in [-0.25, -0.2) is 9.07 Å². The Balaban J connectivity index is 1.38. The van der Waals surface area contributed by atoms with Gasteiger partial charge in [0.25, 0.3) is 5.91 Å². The summed E-state index contributed by atoms with van der Waals surface area (Å²) in [6.45, 7) is 2.75. The Morgan fingerprint density at radius 2 is 1.69 bits per heavy atom. The molecule has 0 radical (unpaired) electrons. The minimum absolute atomic E-state index is 0.0105. The van der Waals surface area contributed by atoms with Gasteiger partial charge in [-0.15, -0.1) is 0 Å². The van der Waals surface area contributed by atoms with Crippen LogP contribution in [0.1, 0.15) is 34.6 Å². The molecule has 2 heterocycles. The lowest BCUT2D eigenvalue weighted by Gasteiger charge is -2.36. The first-order chi connectivity index (χ1) is 15.7. The van der Waals surface area contributed by atoms with Gasteiger partial charge in [0.2, 0.25) is 0 Å². The fourth-order valence-corrected chi connectivity index (χ4v) is 4.76. The zero-order valence-electron chi connectivity index (χ0n) is 18.3. The molecule has 1 aliphatic heterocycles. The lowest BCUT2D eigenvalue weighted by atomic mass is 9.95. The number of fused-ring (bicyclic) bond motifs is 1. The lowest BCUT2D eigenvalue weighted by Crippen LogP contribution is -2.49. The quantitative estimate of drug-likeness (QED) is 0.626. The number of para-hydroxylation sites is 2. The van der Waals surface area contributed by atoms with Crippen LogP contribution in [0.2, 0.25) is 0 Å². The molecule has 3 aromatic rings. The number of halogens is 1. The van der Waals surface area contributed by atoms with Gasteiger partial charge in [0.15, 0.2) is 5.69 Å². The second-order valence-electron chi connectivity index (χ2n) is 8.32. The first kappa shape index (κ1) is 20.5. The van der Waals surface area contributed by atoms with Crippen molar-refractivity contribution < 1.29 is 13.9 Å². The molecule has 0 bridgehead atoms. The van der Waals surface area contributed by atoms with Crippen molar-refractivity contribution in [2.24, 2.45) is 0 Å². The number of benzene rings is 2. The van der Waals surface area contributed by atoms with Crippen molar-refractivity contribution in [3.8, 4) is 11.4 Å². The van der Waals surface area contributed by atoms with Gasteiger partial charge < -0.3 is 14.5 Å². The number of methoxy groups -OCH3 is 1. The highest BCUT2D eigenvalue weighted by molar-refractivity contribution is 5.94. The fourth-order valence-electron chi connectivity index (χ4n) is 4.76. The van der Waals surface area contributed by atoms with E-state index in [2.05, 4.69) is 11.0 Å². The molecule has 1 aromatic heterocycles. The maximum atomic E-state index is 13.5. The molecule has 7 heteroatoms. The standard InChI is InChI=1S/C25H27FN4O2/c1-32-23-9-5-4-8-22(23)28-14-16-29(17-15-28)25(31)24-20-6-2-3-7-21(20)30(27-24)19-12-10-18(26)11-13-19/h4-5,8-13H,2-3,6-7,14-17H2,1H3. The first-order valence-electron chi connectivity index (χ1n) is 11.2. The summed E-state index contributed by atoms with van der Waals surface area (Å²) in [4.78, 5) is 17.6. The number of carbonyl (C=O) groups excluding carboxylic acids is 1. The van der Waals surface area contributed by atoms with Crippen LogP contribution >= 0.6 is 0 Å². The third-order valence-corrected chi connectivity index (χ3v) is 6.45. The van der Waals surface area contributed by atoms with Crippen LogP contribution in [-0.4, -0.2) is 53.9 Å². The van der Waals surface area contributed by atoms with Crippen LogP contribution < -0.4 is 9.64 Å². The van der Waals surface area contributed by atoms with E-state index in [1.807, 2.05) is 27.8 Å². The van der Waals surface area contributed by atoms with E-state index in [1.165, 1.54) is 12.1 Å². The normalized spacial score (nSPS) is 16.1. The fraction of sp³-hybridized carbons (Fsp3) is 0.360. The van der Waals surface area contributed by atoms with Crippen LogP contribution in [-0.2, 0) is 12.8 Å². The number of nitrogens with zero attached hydrogens (tertiary/aromatic N) is 4. The zero-order chi connectivity index (χ0) is 22.1. The third kappa shape index (κ3) is 3.72. The van der Waals surface area contributed by atoms with Crippen molar-refractivity contribution in [3.05, 3.63) is 71.3 Å². The van der Waals surface area contributed by atoms with Crippen LogP contribution in [0, 0.1) is 5.82 Å². The van der Waals surface area contributed by atoms with Gasteiger partial charge >= 0.3 is 0 Å². The molecule has 0 N–H and O–H groups in total. The molecule has 6 nitrogen and oxygen atoms in total. The number of aromatic nitrogens is 2. The lowest BCUT2D eigenvalue weighted by molar-refractivity contribution is 0.0739. The summed E-state index contributed by atoms with van der Waals surface area (Å²) < 4.78 is 20.8. The number of anilines is 1. The van der Waals surface area contributed by atoms with Crippen LogP contribution in [0.4, 0.5) is 10.1 Å². The first-order valence-corrected chi connectivity index (χ1v) is 11.2. The smallest absolute Gasteiger partial charge is 0.274 e. The predicted molar refractivity (Wildman–Crippen MR) is 121 cm³/mol. The second kappa shape index (κ2) is 8.65. The number of piperazine rings is 1. The number of ether oxygens (including phenoxy) is 1. The molecule has 2 aliphatic rings. The van der Waals surface area contributed by atoms with Crippen molar-refractivity contribution in [2.45, 2.75) is 25.7 Å². The maximum Gasteiger partial charge on any atom is 0.274 e. The van der Waals surface area contributed by atoms with E-state index < -0.39 is 0 Å². The summed E-state index contributed by atoms with van der Waals surface area (Å²) in [7, 11) is 1.68. The monoisotopic (exact) mass is 434 g/mol.